The molecule has 37 heavy (non-hydrogen) atoms. The van der Waals surface area contributed by atoms with Crippen LogP contribution in [0.2, 0.25) is 5.15 Å². The van der Waals surface area contributed by atoms with Crippen molar-refractivity contribution in [1.82, 2.24) is 4.68 Å². The Balaban J connectivity index is 1.57. The Bertz CT molecular complexity index is 1380. The van der Waals surface area contributed by atoms with Crippen LogP contribution >= 0.6 is 11.6 Å². The monoisotopic (exact) mass is 516 g/mol. The summed E-state index contributed by atoms with van der Waals surface area (Å²) in [5.41, 5.74) is 6.43. The van der Waals surface area contributed by atoms with Gasteiger partial charge in [0, 0.05) is 17.5 Å². The van der Waals surface area contributed by atoms with E-state index in [0.717, 1.165) is 65.1 Å². The number of nitriles is 1. The van der Waals surface area contributed by atoms with Gasteiger partial charge in [-0.2, -0.15) is 10.4 Å². The van der Waals surface area contributed by atoms with Gasteiger partial charge >= 0.3 is 0 Å². The van der Waals surface area contributed by atoms with Crippen LogP contribution in [0.25, 0.3) is 0 Å². The lowest BCUT2D eigenvalue weighted by Crippen LogP contribution is -2.33. The number of nitrogens with zero attached hydrogens (tertiary/aromatic N) is 3. The van der Waals surface area contributed by atoms with Gasteiger partial charge in [0.15, 0.2) is 6.10 Å². The van der Waals surface area contributed by atoms with E-state index < -0.39 is 6.10 Å². The highest BCUT2D eigenvalue weighted by molar-refractivity contribution is 6.31. The van der Waals surface area contributed by atoms with E-state index in [2.05, 4.69) is 29.5 Å². The molecular weight excluding hydrogens is 484 g/mol. The summed E-state index contributed by atoms with van der Waals surface area (Å²) in [5, 5.41) is 17.8. The van der Waals surface area contributed by atoms with Gasteiger partial charge in [0.1, 0.15) is 17.0 Å². The van der Waals surface area contributed by atoms with Gasteiger partial charge in [-0.3, -0.25) is 4.79 Å². The van der Waals surface area contributed by atoms with Crippen LogP contribution in [0.3, 0.4) is 0 Å². The van der Waals surface area contributed by atoms with Crippen molar-refractivity contribution < 1.29 is 9.53 Å². The quantitative estimate of drug-likeness (QED) is 0.292. The smallest absolute Gasteiger partial charge is 0.265 e. The number of rotatable bonds is 10. The van der Waals surface area contributed by atoms with Crippen LogP contribution in [0.4, 0.5) is 5.69 Å². The molecule has 2 aromatic carbocycles. The minimum absolute atomic E-state index is 0.186. The molecule has 192 valence electrons. The second-order valence-corrected chi connectivity index (χ2v) is 10.0. The van der Waals surface area contributed by atoms with E-state index >= 15 is 0 Å². The highest BCUT2D eigenvalue weighted by atomic mass is 35.5. The number of amides is 1. The Kier molecular flexibility index (Phi) is 8.35. The maximum Gasteiger partial charge on any atom is 0.265 e. The van der Waals surface area contributed by atoms with E-state index in [9.17, 15) is 10.1 Å². The second-order valence-electron chi connectivity index (χ2n) is 9.64. The maximum absolute atomic E-state index is 13.5. The van der Waals surface area contributed by atoms with Gasteiger partial charge in [-0.25, -0.2) is 4.68 Å². The molecule has 1 N–H and O–H groups in total. The molecule has 2 heterocycles. The molecule has 1 amide bonds. The lowest BCUT2D eigenvalue weighted by Gasteiger charge is -2.21. The fraction of sp³-hybridized carbons (Fsp3) is 0.367. The first kappa shape index (κ1) is 26.5. The fourth-order valence-electron chi connectivity index (χ4n) is 4.72. The third kappa shape index (κ3) is 5.73. The minimum Gasteiger partial charge on any atom is -0.480 e. The Hall–Kier alpha value is -3.56. The molecule has 0 aliphatic carbocycles. The van der Waals surface area contributed by atoms with Gasteiger partial charge < -0.3 is 10.1 Å². The van der Waals surface area contributed by atoms with E-state index in [1.807, 2.05) is 57.2 Å². The van der Waals surface area contributed by atoms with E-state index in [1.165, 1.54) is 0 Å². The lowest BCUT2D eigenvalue weighted by atomic mass is 10.0. The zero-order chi connectivity index (χ0) is 26.5. The summed E-state index contributed by atoms with van der Waals surface area (Å²) in [6.45, 7) is 8.04. The molecule has 4 rings (SSSR count). The molecule has 0 radical (unpaired) electrons. The molecule has 0 fully saturated rings. The topological polar surface area (TPSA) is 79.4 Å². The van der Waals surface area contributed by atoms with Crippen LogP contribution in [0.5, 0.6) is 5.75 Å². The largest absolute Gasteiger partial charge is 0.480 e. The molecule has 1 unspecified atom stereocenters. The third-order valence-electron chi connectivity index (χ3n) is 6.79. The molecular formula is C30H33ClN4O2. The van der Waals surface area contributed by atoms with Crippen molar-refractivity contribution >= 4 is 28.9 Å². The summed E-state index contributed by atoms with van der Waals surface area (Å²) in [4.78, 5) is 13.5. The summed E-state index contributed by atoms with van der Waals surface area (Å²) in [6, 6.07) is 15.8. The number of hydrogen-bond acceptors (Lipinski definition) is 4. The molecule has 7 heteroatoms. The Morgan fingerprint density at radius 3 is 2.70 bits per heavy atom. The molecule has 1 aliphatic heterocycles. The SMILES string of the molecule is CCCCCCC(Oc1ccc(C)cc1C)C(=O)Nc1ccccc1C1=Nn2c(Cl)c(C)c(C#N)c2C1. The maximum atomic E-state index is 13.5. The minimum atomic E-state index is -0.618. The van der Waals surface area contributed by atoms with Crippen LogP contribution in [0, 0.1) is 32.1 Å². The van der Waals surface area contributed by atoms with Crippen molar-refractivity contribution in [2.45, 2.75) is 72.3 Å². The highest BCUT2D eigenvalue weighted by Gasteiger charge is 2.28. The van der Waals surface area contributed by atoms with Crippen molar-refractivity contribution in [3.8, 4) is 11.8 Å². The number of unbranched alkanes of at least 4 members (excludes halogenated alkanes) is 3. The average Bonchev–Trinajstić information content (AvgIpc) is 3.40. The molecule has 0 saturated heterocycles. The number of nitrogens with one attached hydrogen (secondary N) is 1. The first-order valence-electron chi connectivity index (χ1n) is 12.9. The number of fused-ring (bicyclic) bond motifs is 1. The highest BCUT2D eigenvalue weighted by Crippen LogP contribution is 2.32. The molecule has 6 nitrogen and oxygen atoms in total. The molecule has 3 aromatic rings. The summed E-state index contributed by atoms with van der Waals surface area (Å²) in [5.74, 6) is 0.539. The number of aryl methyl sites for hydroxylation is 2. The van der Waals surface area contributed by atoms with Crippen molar-refractivity contribution in [3.63, 3.8) is 0 Å². The summed E-state index contributed by atoms with van der Waals surface area (Å²) in [6.07, 6.45) is 4.71. The Labute approximate surface area is 223 Å². The molecule has 0 bridgehead atoms. The number of carbonyl (C=O) groups is 1. The number of carbonyl (C=O) groups excluding carboxylic acids is 1. The molecule has 1 aliphatic rings. The normalized spacial score (nSPS) is 13.0. The van der Waals surface area contributed by atoms with Gasteiger partial charge in [-0.05, 0) is 51.3 Å². The van der Waals surface area contributed by atoms with Gasteiger partial charge in [0.05, 0.1) is 22.7 Å². The van der Waals surface area contributed by atoms with Crippen molar-refractivity contribution in [1.29, 1.82) is 5.26 Å². The predicted octanol–water partition coefficient (Wildman–Crippen LogP) is 7.10. The van der Waals surface area contributed by atoms with Crippen LogP contribution in [-0.4, -0.2) is 22.4 Å². The number of halogens is 1. The number of benzene rings is 2. The van der Waals surface area contributed by atoms with Crippen molar-refractivity contribution in [2.75, 3.05) is 5.32 Å². The fourth-order valence-corrected chi connectivity index (χ4v) is 4.96. The summed E-state index contributed by atoms with van der Waals surface area (Å²) >= 11 is 6.45. The van der Waals surface area contributed by atoms with Crippen molar-refractivity contribution in [2.24, 2.45) is 5.10 Å². The van der Waals surface area contributed by atoms with Gasteiger partial charge in [0.25, 0.3) is 5.91 Å². The number of anilines is 1. The number of hydrogen-bond donors (Lipinski definition) is 1. The zero-order valence-corrected chi connectivity index (χ0v) is 22.7. The van der Waals surface area contributed by atoms with Crippen LogP contribution < -0.4 is 10.1 Å². The number of aromatic nitrogens is 1. The van der Waals surface area contributed by atoms with E-state index in [-0.39, 0.29) is 5.91 Å². The van der Waals surface area contributed by atoms with Crippen LogP contribution in [0.1, 0.15) is 72.5 Å². The predicted molar refractivity (Wildman–Crippen MR) is 149 cm³/mol. The average molecular weight is 517 g/mol. The van der Waals surface area contributed by atoms with Gasteiger partial charge in [-0.15, -0.1) is 0 Å². The lowest BCUT2D eigenvalue weighted by molar-refractivity contribution is -0.123. The van der Waals surface area contributed by atoms with Crippen LogP contribution in [0.15, 0.2) is 47.6 Å². The van der Waals surface area contributed by atoms with Gasteiger partial charge in [-0.1, -0.05) is 73.7 Å². The van der Waals surface area contributed by atoms with Gasteiger partial charge in [0.2, 0.25) is 0 Å². The second kappa shape index (κ2) is 11.7. The van der Waals surface area contributed by atoms with E-state index in [1.54, 1.807) is 4.68 Å². The van der Waals surface area contributed by atoms with Crippen LogP contribution in [-0.2, 0) is 11.2 Å². The van der Waals surface area contributed by atoms with E-state index in [0.29, 0.717) is 29.2 Å². The molecule has 1 aromatic heterocycles. The Morgan fingerprint density at radius 1 is 1.19 bits per heavy atom. The molecule has 0 spiro atoms. The summed E-state index contributed by atoms with van der Waals surface area (Å²) < 4.78 is 7.91. The number of para-hydroxylation sites is 1. The number of ether oxygens (including phenoxy) is 1. The van der Waals surface area contributed by atoms with Crippen molar-refractivity contribution in [3.05, 3.63) is 81.1 Å². The molecule has 0 saturated carbocycles. The zero-order valence-electron chi connectivity index (χ0n) is 21.9. The summed E-state index contributed by atoms with van der Waals surface area (Å²) in [7, 11) is 0. The third-order valence-corrected chi connectivity index (χ3v) is 7.23. The first-order valence-corrected chi connectivity index (χ1v) is 13.2. The standard InChI is InChI=1S/C30H33ClN4O2/c1-5-6-7-8-13-28(37-27-15-14-19(2)16-20(27)3)30(36)33-24-12-10-9-11-22(24)25-17-26-23(18-32)21(4)29(31)35(26)34-25/h9-12,14-16,28H,5-8,13,17H2,1-4H3,(H,33,36). The van der Waals surface area contributed by atoms with E-state index in [4.69, 9.17) is 16.3 Å². The Morgan fingerprint density at radius 2 is 1.97 bits per heavy atom. The first-order chi connectivity index (χ1) is 17.8. The molecule has 1 atom stereocenters.